The van der Waals surface area contributed by atoms with Crippen LogP contribution in [0.1, 0.15) is 11.5 Å². The molecule has 2 aromatic heterocycles. The van der Waals surface area contributed by atoms with E-state index in [0.29, 0.717) is 24.4 Å². The number of halogens is 1. The van der Waals surface area contributed by atoms with Gasteiger partial charge in [-0.15, -0.1) is 11.3 Å². The summed E-state index contributed by atoms with van der Waals surface area (Å²) in [5, 5.41) is 8.79. The second-order valence-corrected chi connectivity index (χ2v) is 5.50. The van der Waals surface area contributed by atoms with E-state index in [1.165, 1.54) is 23.7 Å². The molecule has 1 N–H and O–H groups in total. The fourth-order valence-corrected chi connectivity index (χ4v) is 2.78. The fourth-order valence-electron chi connectivity index (χ4n) is 2.04. The molecule has 0 fully saturated rings. The Morgan fingerprint density at radius 1 is 1.29 bits per heavy atom. The van der Waals surface area contributed by atoms with E-state index in [-0.39, 0.29) is 5.82 Å². The Labute approximate surface area is 125 Å². The lowest BCUT2D eigenvalue weighted by molar-refractivity contribution is 0.375. The maximum absolute atomic E-state index is 13.9. The molecule has 0 radical (unpaired) electrons. The lowest BCUT2D eigenvalue weighted by Gasteiger charge is -2.06. The molecule has 0 unspecified atom stereocenters. The highest BCUT2D eigenvalue weighted by atomic mass is 32.1. The number of nitrogens with one attached hydrogen (secondary N) is 1. The maximum atomic E-state index is 13.9. The second kappa shape index (κ2) is 6.60. The molecule has 3 rings (SSSR count). The minimum atomic E-state index is -0.188. The maximum Gasteiger partial charge on any atom is 0.227 e. The zero-order valence-corrected chi connectivity index (χ0v) is 12.1. The zero-order valence-electron chi connectivity index (χ0n) is 11.3. The second-order valence-electron chi connectivity index (χ2n) is 4.55. The minimum absolute atomic E-state index is 0.188. The highest BCUT2D eigenvalue weighted by Gasteiger charge is 2.07. The summed E-state index contributed by atoms with van der Waals surface area (Å²) in [6.07, 6.45) is 2.07. The van der Waals surface area contributed by atoms with Gasteiger partial charge in [-0.3, -0.25) is 0 Å². The van der Waals surface area contributed by atoms with Crippen LogP contribution in [0.15, 0.2) is 46.6 Å². The molecule has 0 aliphatic rings. The van der Waals surface area contributed by atoms with Crippen LogP contribution in [0.25, 0.3) is 10.4 Å². The highest BCUT2D eigenvalue weighted by Crippen LogP contribution is 2.28. The predicted octanol–water partition coefficient (Wildman–Crippen LogP) is 3.27. The first-order valence-corrected chi connectivity index (χ1v) is 7.49. The number of hydrogen-bond donors (Lipinski definition) is 1. The molecule has 4 nitrogen and oxygen atoms in total. The van der Waals surface area contributed by atoms with Crippen molar-refractivity contribution in [3.8, 4) is 10.4 Å². The van der Waals surface area contributed by atoms with Crippen molar-refractivity contribution < 1.29 is 8.91 Å². The van der Waals surface area contributed by atoms with Crippen LogP contribution < -0.4 is 5.32 Å². The molecule has 0 atom stereocenters. The first kappa shape index (κ1) is 13.9. The summed E-state index contributed by atoms with van der Waals surface area (Å²) >= 11 is 1.54. The first-order valence-electron chi connectivity index (χ1n) is 6.61. The van der Waals surface area contributed by atoms with Crippen molar-refractivity contribution in [2.75, 3.05) is 6.54 Å². The van der Waals surface area contributed by atoms with E-state index in [9.17, 15) is 4.39 Å². The third kappa shape index (κ3) is 3.53. The minimum Gasteiger partial charge on any atom is -0.340 e. The van der Waals surface area contributed by atoms with Crippen molar-refractivity contribution in [3.05, 3.63) is 59.3 Å². The largest absolute Gasteiger partial charge is 0.340 e. The Balaban J connectivity index is 1.60. The van der Waals surface area contributed by atoms with Crippen molar-refractivity contribution in [1.82, 2.24) is 15.5 Å². The van der Waals surface area contributed by atoms with Gasteiger partial charge in [0.25, 0.3) is 0 Å². The van der Waals surface area contributed by atoms with Gasteiger partial charge in [-0.2, -0.15) is 4.98 Å². The van der Waals surface area contributed by atoms with Crippen molar-refractivity contribution in [2.45, 2.75) is 13.0 Å². The summed E-state index contributed by atoms with van der Waals surface area (Å²) in [6, 6.07) is 9.06. The summed E-state index contributed by atoms with van der Waals surface area (Å²) in [4.78, 5) is 4.90. The molecule has 0 aliphatic heterocycles. The highest BCUT2D eigenvalue weighted by molar-refractivity contribution is 7.13. The zero-order chi connectivity index (χ0) is 14.5. The third-order valence-electron chi connectivity index (χ3n) is 3.07. The summed E-state index contributed by atoms with van der Waals surface area (Å²) in [5.41, 5.74) is 1.70. The van der Waals surface area contributed by atoms with Gasteiger partial charge < -0.3 is 9.84 Å². The smallest absolute Gasteiger partial charge is 0.227 e. The molecule has 21 heavy (non-hydrogen) atoms. The van der Waals surface area contributed by atoms with E-state index >= 15 is 0 Å². The van der Waals surface area contributed by atoms with Crippen molar-refractivity contribution in [2.24, 2.45) is 0 Å². The number of benzene rings is 1. The molecule has 0 bridgehead atoms. The summed E-state index contributed by atoms with van der Waals surface area (Å²) in [7, 11) is 0. The molecular formula is C15H14FN3OS. The molecule has 108 valence electrons. The van der Waals surface area contributed by atoms with Gasteiger partial charge in [-0.25, -0.2) is 4.39 Å². The summed E-state index contributed by atoms with van der Waals surface area (Å²) < 4.78 is 18.8. The number of nitrogens with zero attached hydrogens (tertiary/aromatic N) is 2. The van der Waals surface area contributed by atoms with E-state index < -0.39 is 0 Å². The molecule has 0 saturated carbocycles. The Bertz CT molecular complexity index is 683. The number of hydrogen-bond acceptors (Lipinski definition) is 5. The Morgan fingerprint density at radius 3 is 3.00 bits per heavy atom. The van der Waals surface area contributed by atoms with Crippen LogP contribution in [0.3, 0.4) is 0 Å². The van der Waals surface area contributed by atoms with Crippen molar-refractivity contribution in [3.63, 3.8) is 0 Å². The van der Waals surface area contributed by atoms with Gasteiger partial charge in [-0.1, -0.05) is 17.3 Å². The normalized spacial score (nSPS) is 10.9. The number of thiophene rings is 1. The van der Waals surface area contributed by atoms with E-state index in [2.05, 4.69) is 15.5 Å². The number of rotatable bonds is 6. The van der Waals surface area contributed by atoms with Crippen molar-refractivity contribution >= 4 is 11.3 Å². The van der Waals surface area contributed by atoms with E-state index in [1.54, 1.807) is 6.07 Å². The lowest BCUT2D eigenvalue weighted by Crippen LogP contribution is -2.16. The lowest BCUT2D eigenvalue weighted by atomic mass is 10.1. The van der Waals surface area contributed by atoms with Crippen LogP contribution >= 0.6 is 11.3 Å². The van der Waals surface area contributed by atoms with E-state index in [0.717, 1.165) is 17.0 Å². The van der Waals surface area contributed by atoms with Crippen LogP contribution in [0, 0.1) is 5.82 Å². The van der Waals surface area contributed by atoms with Crippen LogP contribution in [-0.4, -0.2) is 16.7 Å². The van der Waals surface area contributed by atoms with Gasteiger partial charge in [0, 0.05) is 30.0 Å². The van der Waals surface area contributed by atoms with Gasteiger partial charge >= 0.3 is 0 Å². The quantitative estimate of drug-likeness (QED) is 0.710. The van der Waals surface area contributed by atoms with Crippen molar-refractivity contribution in [1.29, 1.82) is 0 Å². The number of aromatic nitrogens is 2. The Hall–Kier alpha value is -2.05. The average Bonchev–Trinajstić information content (AvgIpc) is 3.18. The third-order valence-corrected chi connectivity index (χ3v) is 3.97. The van der Waals surface area contributed by atoms with Gasteiger partial charge in [0.15, 0.2) is 6.33 Å². The first-order chi connectivity index (χ1) is 10.3. The monoisotopic (exact) mass is 303 g/mol. The molecule has 0 spiro atoms. The molecular weight excluding hydrogens is 289 g/mol. The van der Waals surface area contributed by atoms with Gasteiger partial charge in [-0.05, 0) is 29.1 Å². The van der Waals surface area contributed by atoms with E-state index in [4.69, 9.17) is 4.52 Å². The summed E-state index contributed by atoms with van der Waals surface area (Å²) in [6.45, 7) is 1.40. The average molecular weight is 303 g/mol. The molecule has 2 heterocycles. The molecule has 3 aromatic rings. The topological polar surface area (TPSA) is 51.0 Å². The van der Waals surface area contributed by atoms with Gasteiger partial charge in [0.2, 0.25) is 5.89 Å². The Morgan fingerprint density at radius 2 is 2.24 bits per heavy atom. The van der Waals surface area contributed by atoms with Crippen LogP contribution in [0.5, 0.6) is 0 Å². The van der Waals surface area contributed by atoms with Gasteiger partial charge in [0.05, 0.1) is 0 Å². The van der Waals surface area contributed by atoms with Crippen LogP contribution in [0.2, 0.25) is 0 Å². The standard InChI is InChI=1S/C15H14FN3OS/c16-13-4-3-11(8-12(13)14-2-1-7-21-14)9-17-6-5-15-18-10-19-20-15/h1-4,7-8,10,17H,5-6,9H2. The Kier molecular flexibility index (Phi) is 4.37. The molecule has 0 saturated heterocycles. The van der Waals surface area contributed by atoms with Crippen LogP contribution in [-0.2, 0) is 13.0 Å². The predicted molar refractivity (Wildman–Crippen MR) is 79.4 cm³/mol. The van der Waals surface area contributed by atoms with E-state index in [1.807, 2.05) is 23.6 Å². The molecule has 6 heteroatoms. The molecule has 1 aromatic carbocycles. The molecule has 0 aliphatic carbocycles. The fraction of sp³-hybridized carbons (Fsp3) is 0.200. The van der Waals surface area contributed by atoms with Crippen LogP contribution in [0.4, 0.5) is 4.39 Å². The SMILES string of the molecule is Fc1ccc(CNCCc2ncno2)cc1-c1cccs1. The summed E-state index contributed by atoms with van der Waals surface area (Å²) in [5.74, 6) is 0.424. The molecule has 0 amide bonds. The van der Waals surface area contributed by atoms with Gasteiger partial charge in [0.1, 0.15) is 5.82 Å².